The predicted octanol–water partition coefficient (Wildman–Crippen LogP) is 3.66. The third-order valence-corrected chi connectivity index (χ3v) is 6.43. The number of amides is 2. The van der Waals surface area contributed by atoms with Gasteiger partial charge < -0.3 is 34.7 Å². The Kier molecular flexibility index (Phi) is 10.9. The maximum atomic E-state index is 12.4. The molecule has 214 valence electrons. The molecule has 40 heavy (non-hydrogen) atoms. The highest BCUT2D eigenvalue weighted by Crippen LogP contribution is 2.35. The number of carbonyl (C=O) groups excluding carboxylic acids is 3. The van der Waals surface area contributed by atoms with Crippen LogP contribution in [0.4, 0.5) is 4.79 Å². The summed E-state index contributed by atoms with van der Waals surface area (Å²) >= 11 is 6.72. The highest BCUT2D eigenvalue weighted by atomic mass is 79.9. The van der Waals surface area contributed by atoms with Crippen LogP contribution in [-0.2, 0) is 14.3 Å². The molecule has 4 N–H and O–H groups in total. The van der Waals surface area contributed by atoms with E-state index in [0.29, 0.717) is 39.4 Å². The SMILES string of the molecule is CCOc1cc([C@H]2NC(=O)NC(C)=C2C(=O)OC)ccc1OC[C@@H](O)N/N=C/c1cc(Br)cc(Br)c1OC(C)=O. The number of carbonyl (C=O) groups is 3. The lowest BCUT2D eigenvalue weighted by Gasteiger charge is -2.28. The van der Waals surface area contributed by atoms with Gasteiger partial charge in [-0.25, -0.2) is 9.59 Å². The molecule has 2 aromatic rings. The Morgan fingerprint density at radius 1 is 1.20 bits per heavy atom. The molecular formula is C26H28Br2N4O8. The van der Waals surface area contributed by atoms with Crippen molar-refractivity contribution in [2.24, 2.45) is 5.10 Å². The van der Waals surface area contributed by atoms with Gasteiger partial charge in [-0.3, -0.25) is 10.2 Å². The number of esters is 2. The van der Waals surface area contributed by atoms with Crippen molar-refractivity contribution < 1.29 is 38.4 Å². The maximum absolute atomic E-state index is 12.4. The highest BCUT2D eigenvalue weighted by molar-refractivity contribution is 9.11. The second-order valence-corrected chi connectivity index (χ2v) is 10.1. The summed E-state index contributed by atoms with van der Waals surface area (Å²) in [5, 5.41) is 19.7. The monoisotopic (exact) mass is 682 g/mol. The zero-order chi connectivity index (χ0) is 29.4. The Balaban J connectivity index is 1.73. The van der Waals surface area contributed by atoms with E-state index < -0.39 is 30.2 Å². The van der Waals surface area contributed by atoms with Crippen molar-refractivity contribution >= 4 is 56.0 Å². The van der Waals surface area contributed by atoms with E-state index in [0.717, 1.165) is 4.47 Å². The number of hydrogen-bond donors (Lipinski definition) is 4. The molecule has 0 radical (unpaired) electrons. The van der Waals surface area contributed by atoms with Gasteiger partial charge >= 0.3 is 18.0 Å². The molecule has 0 unspecified atom stereocenters. The van der Waals surface area contributed by atoms with Gasteiger partial charge in [0, 0.05) is 22.7 Å². The summed E-state index contributed by atoms with van der Waals surface area (Å²) < 4.78 is 22.9. The van der Waals surface area contributed by atoms with Gasteiger partial charge in [0.25, 0.3) is 0 Å². The molecule has 1 heterocycles. The van der Waals surface area contributed by atoms with Crippen molar-refractivity contribution in [1.29, 1.82) is 0 Å². The van der Waals surface area contributed by atoms with E-state index in [-0.39, 0.29) is 17.9 Å². The van der Waals surface area contributed by atoms with Crippen molar-refractivity contribution in [2.75, 3.05) is 20.3 Å². The van der Waals surface area contributed by atoms with E-state index in [1.54, 1.807) is 44.2 Å². The first-order valence-corrected chi connectivity index (χ1v) is 13.5. The van der Waals surface area contributed by atoms with Gasteiger partial charge in [-0.1, -0.05) is 22.0 Å². The van der Waals surface area contributed by atoms with Crippen molar-refractivity contribution in [3.63, 3.8) is 0 Å². The Hall–Kier alpha value is -3.62. The summed E-state index contributed by atoms with van der Waals surface area (Å²) in [5.74, 6) is -0.137. The molecule has 14 heteroatoms. The molecule has 0 saturated carbocycles. The smallest absolute Gasteiger partial charge is 0.337 e. The molecule has 0 aliphatic carbocycles. The number of methoxy groups -OCH3 is 1. The Labute approximate surface area is 247 Å². The topological polar surface area (TPSA) is 157 Å². The third kappa shape index (κ3) is 7.96. The second-order valence-electron chi connectivity index (χ2n) is 8.31. The van der Waals surface area contributed by atoms with Crippen LogP contribution in [0, 0.1) is 0 Å². The van der Waals surface area contributed by atoms with E-state index in [2.05, 4.69) is 53.0 Å². The van der Waals surface area contributed by atoms with Crippen molar-refractivity contribution in [2.45, 2.75) is 33.0 Å². The van der Waals surface area contributed by atoms with Gasteiger partial charge in [0.1, 0.15) is 6.61 Å². The van der Waals surface area contributed by atoms with Crippen molar-refractivity contribution in [3.8, 4) is 17.2 Å². The fraction of sp³-hybridized carbons (Fsp3) is 0.308. The van der Waals surface area contributed by atoms with E-state index in [1.165, 1.54) is 20.2 Å². The van der Waals surface area contributed by atoms with Gasteiger partial charge in [-0.05, 0) is 59.6 Å². The molecule has 2 aromatic carbocycles. The zero-order valence-corrected chi connectivity index (χ0v) is 25.2. The van der Waals surface area contributed by atoms with E-state index in [9.17, 15) is 19.5 Å². The van der Waals surface area contributed by atoms with Crippen molar-refractivity contribution in [1.82, 2.24) is 16.1 Å². The first kappa shape index (κ1) is 30.9. The number of nitrogens with zero attached hydrogens (tertiary/aromatic N) is 1. The number of aliphatic hydroxyl groups excluding tert-OH is 1. The van der Waals surface area contributed by atoms with Crippen LogP contribution in [0.1, 0.15) is 37.9 Å². The van der Waals surface area contributed by atoms with Crippen LogP contribution in [-0.4, -0.2) is 55.8 Å². The zero-order valence-electron chi connectivity index (χ0n) is 22.0. The predicted molar refractivity (Wildman–Crippen MR) is 152 cm³/mol. The Bertz CT molecular complexity index is 1350. The third-order valence-electron chi connectivity index (χ3n) is 5.38. The molecule has 0 saturated heterocycles. The van der Waals surface area contributed by atoms with Crippen LogP contribution in [0.25, 0.3) is 0 Å². The summed E-state index contributed by atoms with van der Waals surface area (Å²) in [4.78, 5) is 36.0. The largest absolute Gasteiger partial charge is 0.490 e. The molecule has 1 aliphatic rings. The molecule has 0 spiro atoms. The van der Waals surface area contributed by atoms with Gasteiger partial charge in [-0.2, -0.15) is 5.10 Å². The number of allylic oxidation sites excluding steroid dienone is 1. The lowest BCUT2D eigenvalue weighted by Crippen LogP contribution is -2.45. The number of rotatable bonds is 11. The number of hydrazone groups is 1. The summed E-state index contributed by atoms with van der Waals surface area (Å²) in [5.41, 5.74) is 4.22. The van der Waals surface area contributed by atoms with Crippen LogP contribution >= 0.6 is 31.9 Å². The molecule has 2 atom stereocenters. The normalized spacial score (nSPS) is 15.7. The number of halogens is 2. The first-order valence-electron chi connectivity index (χ1n) is 11.9. The summed E-state index contributed by atoms with van der Waals surface area (Å²) in [7, 11) is 1.26. The molecular weight excluding hydrogens is 656 g/mol. The minimum Gasteiger partial charge on any atom is -0.490 e. The fourth-order valence-electron chi connectivity index (χ4n) is 3.74. The number of urea groups is 1. The van der Waals surface area contributed by atoms with Crippen LogP contribution in [0.3, 0.4) is 0 Å². The minimum atomic E-state index is -1.21. The molecule has 0 fully saturated rings. The summed E-state index contributed by atoms with van der Waals surface area (Å²) in [6, 6.07) is 7.11. The average molecular weight is 684 g/mol. The first-order chi connectivity index (χ1) is 19.0. The quantitative estimate of drug-likeness (QED) is 0.0913. The second kappa shape index (κ2) is 14.1. The van der Waals surface area contributed by atoms with Gasteiger partial charge in [0.05, 0.1) is 36.0 Å². The average Bonchev–Trinajstić information content (AvgIpc) is 2.89. The summed E-state index contributed by atoms with van der Waals surface area (Å²) in [6.45, 7) is 4.81. The number of ether oxygens (including phenoxy) is 4. The number of hydrogen-bond acceptors (Lipinski definition) is 10. The summed E-state index contributed by atoms with van der Waals surface area (Å²) in [6.07, 6.45) is 0.178. The molecule has 3 rings (SSSR count). The Morgan fingerprint density at radius 2 is 1.95 bits per heavy atom. The Morgan fingerprint density at radius 3 is 2.62 bits per heavy atom. The van der Waals surface area contributed by atoms with Crippen LogP contribution in [0.5, 0.6) is 17.2 Å². The molecule has 0 bridgehead atoms. The lowest BCUT2D eigenvalue weighted by molar-refractivity contribution is -0.136. The standard InChI is InChI=1S/C26H28Br2N4O8/c1-5-38-20-9-15(23-22(25(35)37-4)13(2)30-26(36)31-23)6-7-19(20)39-12-21(34)32-29-11-16-8-17(27)10-18(28)24(16)40-14(3)33/h6-11,21,23,32,34H,5,12H2,1-4H3,(H2,30,31,36)/b29-11+/t21-,23-/m1/s1. The lowest BCUT2D eigenvalue weighted by atomic mass is 9.95. The van der Waals surface area contributed by atoms with Crippen molar-refractivity contribution in [3.05, 3.63) is 61.7 Å². The van der Waals surface area contributed by atoms with Gasteiger partial charge in [-0.15, -0.1) is 0 Å². The number of nitrogens with one attached hydrogen (secondary N) is 3. The van der Waals surface area contributed by atoms with Crippen LogP contribution < -0.4 is 30.3 Å². The van der Waals surface area contributed by atoms with Gasteiger partial charge in [0.2, 0.25) is 0 Å². The number of benzene rings is 2. The molecule has 2 amide bonds. The minimum absolute atomic E-state index is 0.202. The molecule has 12 nitrogen and oxygen atoms in total. The van der Waals surface area contributed by atoms with Crippen LogP contribution in [0.2, 0.25) is 0 Å². The fourth-order valence-corrected chi connectivity index (χ4v) is 5.08. The highest BCUT2D eigenvalue weighted by Gasteiger charge is 2.32. The maximum Gasteiger partial charge on any atom is 0.337 e. The van der Waals surface area contributed by atoms with E-state index in [4.69, 9.17) is 18.9 Å². The van der Waals surface area contributed by atoms with E-state index >= 15 is 0 Å². The number of aliphatic hydroxyl groups is 1. The van der Waals surface area contributed by atoms with Gasteiger partial charge in [0.15, 0.2) is 23.5 Å². The molecule has 1 aliphatic heterocycles. The van der Waals surface area contributed by atoms with Crippen LogP contribution in [0.15, 0.2) is 55.6 Å². The van der Waals surface area contributed by atoms with E-state index in [1.807, 2.05) is 0 Å². The molecule has 0 aromatic heterocycles.